The fourth-order valence-corrected chi connectivity index (χ4v) is 0.894. The monoisotopic (exact) mass is 334 g/mol. The molecule has 0 fully saturated rings. The van der Waals surface area contributed by atoms with Gasteiger partial charge < -0.3 is 5.73 Å². The third-order valence-corrected chi connectivity index (χ3v) is 3.25. The molecule has 0 unspecified atom stereocenters. The van der Waals surface area contributed by atoms with Crippen LogP contribution in [0, 0.1) is 0 Å². The van der Waals surface area contributed by atoms with Crippen LogP contribution in [0.5, 0.6) is 0 Å². The van der Waals surface area contributed by atoms with E-state index in [1.807, 2.05) is 19.2 Å². The number of imide groups is 1. The summed E-state index contributed by atoms with van der Waals surface area (Å²) >= 11 is 3.26. The van der Waals surface area contributed by atoms with Gasteiger partial charge in [-0.15, -0.1) is 0 Å². The minimum atomic E-state index is -4.67. The summed E-state index contributed by atoms with van der Waals surface area (Å²) in [5.74, 6) is -0.375. The number of amides is 3. The van der Waals surface area contributed by atoms with Crippen molar-refractivity contribution < 1.29 is 27.1 Å². The standard InChI is InChI=1S/C7H13BrN2O2.H2O4S/c1-3-7(8,4-2)5(11)10-6(9)12;1-5(2,3)4/h3-4H2,1-2H3,(H3,9,10,11,12);(H2,1,2,3,4). The first-order valence-electron chi connectivity index (χ1n) is 4.46. The molecule has 0 aromatic rings. The number of rotatable bonds is 3. The Morgan fingerprint density at radius 3 is 1.76 bits per heavy atom. The minimum absolute atomic E-state index is 0.375. The van der Waals surface area contributed by atoms with Crippen LogP contribution in [0.15, 0.2) is 0 Å². The Hall–Kier alpha value is -0.710. The number of halogens is 1. The normalized spacial score (nSPS) is 11.1. The summed E-state index contributed by atoms with van der Waals surface area (Å²) in [6, 6.07) is -0.814. The summed E-state index contributed by atoms with van der Waals surface area (Å²) in [6.07, 6.45) is 1.23. The first-order valence-corrected chi connectivity index (χ1v) is 6.65. The van der Waals surface area contributed by atoms with E-state index in [4.69, 9.17) is 23.3 Å². The van der Waals surface area contributed by atoms with Crippen LogP contribution in [0.3, 0.4) is 0 Å². The number of urea groups is 1. The lowest BCUT2D eigenvalue weighted by Crippen LogP contribution is -2.46. The van der Waals surface area contributed by atoms with Crippen LogP contribution in [0.1, 0.15) is 26.7 Å². The van der Waals surface area contributed by atoms with E-state index in [2.05, 4.69) is 15.9 Å². The molecular weight excluding hydrogens is 320 g/mol. The second-order valence-electron chi connectivity index (χ2n) is 2.94. The second kappa shape index (κ2) is 7.58. The van der Waals surface area contributed by atoms with Gasteiger partial charge in [0.25, 0.3) is 0 Å². The van der Waals surface area contributed by atoms with Gasteiger partial charge in [-0.25, -0.2) is 4.79 Å². The van der Waals surface area contributed by atoms with Gasteiger partial charge >= 0.3 is 16.4 Å². The highest BCUT2D eigenvalue weighted by molar-refractivity contribution is 9.10. The number of nitrogens with one attached hydrogen (secondary N) is 1. The van der Waals surface area contributed by atoms with Gasteiger partial charge in [-0.3, -0.25) is 19.2 Å². The molecule has 17 heavy (non-hydrogen) atoms. The van der Waals surface area contributed by atoms with Gasteiger partial charge in [0.15, 0.2) is 0 Å². The fraction of sp³-hybridized carbons (Fsp3) is 0.714. The zero-order valence-corrected chi connectivity index (χ0v) is 11.7. The van der Waals surface area contributed by atoms with Gasteiger partial charge in [0, 0.05) is 0 Å². The number of carbonyl (C=O) groups is 2. The maximum atomic E-state index is 11.3. The second-order valence-corrected chi connectivity index (χ2v) is 5.35. The van der Waals surface area contributed by atoms with Crippen LogP contribution in [0.4, 0.5) is 4.79 Å². The van der Waals surface area contributed by atoms with E-state index in [-0.39, 0.29) is 5.91 Å². The van der Waals surface area contributed by atoms with Gasteiger partial charge in [0.2, 0.25) is 5.91 Å². The van der Waals surface area contributed by atoms with Crippen molar-refractivity contribution in [3.63, 3.8) is 0 Å². The van der Waals surface area contributed by atoms with Gasteiger partial charge in [-0.05, 0) is 12.8 Å². The Labute approximate surface area is 108 Å². The molecular formula is C7H15BrN2O6S. The van der Waals surface area contributed by atoms with Gasteiger partial charge in [0.1, 0.15) is 4.32 Å². The third kappa shape index (κ3) is 11.6. The molecule has 102 valence electrons. The Bertz CT molecular complexity index is 357. The van der Waals surface area contributed by atoms with Crippen LogP contribution in [0.2, 0.25) is 0 Å². The van der Waals surface area contributed by atoms with Crippen molar-refractivity contribution in [3.05, 3.63) is 0 Å². The van der Waals surface area contributed by atoms with Crippen LogP contribution in [0.25, 0.3) is 0 Å². The molecule has 3 amide bonds. The first kappa shape index (κ1) is 18.6. The predicted octanol–water partition coefficient (Wildman–Crippen LogP) is 0.482. The maximum Gasteiger partial charge on any atom is 0.394 e. The molecule has 0 saturated carbocycles. The molecule has 0 bridgehead atoms. The molecule has 0 spiro atoms. The van der Waals surface area contributed by atoms with E-state index in [9.17, 15) is 9.59 Å². The summed E-state index contributed by atoms with van der Waals surface area (Å²) in [6.45, 7) is 3.72. The molecule has 0 atom stereocenters. The van der Waals surface area contributed by atoms with E-state index in [0.29, 0.717) is 12.8 Å². The molecule has 0 saturated heterocycles. The van der Waals surface area contributed by atoms with E-state index in [1.165, 1.54) is 0 Å². The number of hydrogen-bond acceptors (Lipinski definition) is 4. The summed E-state index contributed by atoms with van der Waals surface area (Å²) in [7, 11) is -4.67. The molecule has 0 heterocycles. The summed E-state index contributed by atoms with van der Waals surface area (Å²) < 4.78 is 30.9. The highest BCUT2D eigenvalue weighted by atomic mass is 79.9. The number of nitrogens with two attached hydrogens (primary N) is 1. The maximum absolute atomic E-state index is 11.3. The molecule has 0 aliphatic rings. The van der Waals surface area contributed by atoms with Gasteiger partial charge in [-0.2, -0.15) is 8.42 Å². The number of carbonyl (C=O) groups excluding carboxylic acids is 2. The smallest absolute Gasteiger partial charge is 0.351 e. The van der Waals surface area contributed by atoms with Gasteiger partial charge in [-0.1, -0.05) is 29.8 Å². The molecule has 0 radical (unpaired) electrons. The zero-order chi connectivity index (χ0) is 14.3. The Morgan fingerprint density at radius 1 is 1.29 bits per heavy atom. The SMILES string of the molecule is CCC(Br)(CC)C(=O)NC(N)=O.O=S(=O)(O)O. The average Bonchev–Trinajstić information content (AvgIpc) is 2.12. The zero-order valence-electron chi connectivity index (χ0n) is 9.31. The fourth-order valence-electron chi connectivity index (χ4n) is 0.795. The van der Waals surface area contributed by atoms with Crippen molar-refractivity contribution in [3.8, 4) is 0 Å². The average molecular weight is 335 g/mol. The molecule has 10 heteroatoms. The van der Waals surface area contributed by atoms with E-state index in [0.717, 1.165) is 0 Å². The molecule has 0 aromatic heterocycles. The number of alkyl halides is 1. The lowest BCUT2D eigenvalue weighted by molar-refractivity contribution is -0.122. The summed E-state index contributed by atoms with van der Waals surface area (Å²) in [5.41, 5.74) is 4.81. The number of hydrogen-bond donors (Lipinski definition) is 4. The third-order valence-electron chi connectivity index (χ3n) is 1.76. The van der Waals surface area contributed by atoms with Crippen LogP contribution >= 0.6 is 15.9 Å². The van der Waals surface area contributed by atoms with Crippen LogP contribution < -0.4 is 11.1 Å². The van der Waals surface area contributed by atoms with Crippen molar-refractivity contribution in [2.75, 3.05) is 0 Å². The quantitative estimate of drug-likeness (QED) is 0.436. The lowest BCUT2D eigenvalue weighted by atomic mass is 10.0. The minimum Gasteiger partial charge on any atom is -0.351 e. The first-order chi connectivity index (χ1) is 7.46. The summed E-state index contributed by atoms with van der Waals surface area (Å²) in [4.78, 5) is 21.6. The lowest BCUT2D eigenvalue weighted by Gasteiger charge is -2.21. The predicted molar refractivity (Wildman–Crippen MR) is 64.1 cm³/mol. The molecule has 0 aliphatic heterocycles. The topological polar surface area (TPSA) is 147 Å². The van der Waals surface area contributed by atoms with Crippen molar-refractivity contribution in [1.82, 2.24) is 5.32 Å². The van der Waals surface area contributed by atoms with Crippen LogP contribution in [-0.4, -0.2) is 33.8 Å². The molecule has 8 nitrogen and oxygen atoms in total. The highest BCUT2D eigenvalue weighted by Gasteiger charge is 2.32. The summed E-state index contributed by atoms with van der Waals surface area (Å²) in [5, 5.41) is 2.04. The Morgan fingerprint density at radius 2 is 1.59 bits per heavy atom. The largest absolute Gasteiger partial charge is 0.394 e. The Balaban J connectivity index is 0. The van der Waals surface area contributed by atoms with Gasteiger partial charge in [0.05, 0.1) is 0 Å². The van der Waals surface area contributed by atoms with Crippen molar-refractivity contribution in [2.24, 2.45) is 5.73 Å². The number of primary amides is 1. The van der Waals surface area contributed by atoms with Crippen molar-refractivity contribution in [2.45, 2.75) is 31.0 Å². The van der Waals surface area contributed by atoms with E-state index >= 15 is 0 Å². The highest BCUT2D eigenvalue weighted by Crippen LogP contribution is 2.26. The molecule has 0 aliphatic carbocycles. The van der Waals surface area contributed by atoms with Crippen molar-refractivity contribution >= 4 is 38.3 Å². The van der Waals surface area contributed by atoms with E-state index < -0.39 is 20.8 Å². The molecule has 0 aromatic carbocycles. The van der Waals surface area contributed by atoms with Crippen LogP contribution in [-0.2, 0) is 15.2 Å². The molecule has 0 rings (SSSR count). The van der Waals surface area contributed by atoms with E-state index in [1.54, 1.807) is 0 Å². The Kier molecular flexibility index (Phi) is 8.32. The van der Waals surface area contributed by atoms with Crippen molar-refractivity contribution in [1.29, 1.82) is 0 Å². The molecule has 5 N–H and O–H groups in total.